The maximum Gasteiger partial charge on any atom is 0.264 e. The van der Waals surface area contributed by atoms with Crippen LogP contribution in [-0.2, 0) is 26.8 Å². The van der Waals surface area contributed by atoms with Gasteiger partial charge in [0.05, 0.1) is 28.8 Å². The van der Waals surface area contributed by atoms with Crippen LogP contribution in [-0.4, -0.2) is 25.5 Å². The second-order valence-corrected chi connectivity index (χ2v) is 11.7. The molecule has 1 heterocycles. The van der Waals surface area contributed by atoms with Crippen molar-refractivity contribution in [1.29, 1.82) is 5.26 Å². The lowest BCUT2D eigenvalue weighted by molar-refractivity contribution is -0.120. The van der Waals surface area contributed by atoms with E-state index in [0.717, 1.165) is 28.8 Å². The average Bonchev–Trinajstić information content (AvgIpc) is 3.81. The van der Waals surface area contributed by atoms with Gasteiger partial charge in [-0.05, 0) is 66.3 Å². The molecule has 2 aliphatic carbocycles. The van der Waals surface area contributed by atoms with Crippen molar-refractivity contribution in [2.24, 2.45) is 0 Å². The predicted octanol–water partition coefficient (Wildman–Crippen LogP) is 3.75. The van der Waals surface area contributed by atoms with Crippen molar-refractivity contribution in [2.75, 3.05) is 4.90 Å². The lowest BCUT2D eigenvalue weighted by Crippen LogP contribution is -2.33. The van der Waals surface area contributed by atoms with Crippen LogP contribution in [0.25, 0.3) is 0 Å². The molecule has 2 amide bonds. The van der Waals surface area contributed by atoms with Gasteiger partial charge < -0.3 is 4.90 Å². The first kappa shape index (κ1) is 22.5. The van der Waals surface area contributed by atoms with Gasteiger partial charge in [0, 0.05) is 17.2 Å². The molecule has 1 unspecified atom stereocenters. The van der Waals surface area contributed by atoms with Gasteiger partial charge in [-0.15, -0.1) is 0 Å². The molecular formula is C28H23N3O4S. The van der Waals surface area contributed by atoms with Crippen LogP contribution in [0.3, 0.4) is 0 Å². The van der Waals surface area contributed by atoms with E-state index in [1.165, 1.54) is 0 Å². The monoisotopic (exact) mass is 497 g/mol. The highest BCUT2D eigenvalue weighted by Gasteiger charge is 2.67. The summed E-state index contributed by atoms with van der Waals surface area (Å²) in [5, 5.41) is 8.63. The summed E-state index contributed by atoms with van der Waals surface area (Å²) in [6.45, 7) is 0.347. The molecular weight excluding hydrogens is 474 g/mol. The van der Waals surface area contributed by atoms with Crippen LogP contribution >= 0.6 is 0 Å². The normalized spacial score (nSPS) is 22.2. The van der Waals surface area contributed by atoms with E-state index in [9.17, 15) is 18.0 Å². The minimum absolute atomic E-state index is 0.0513. The number of para-hydroxylation sites is 1. The molecule has 1 spiro atoms. The van der Waals surface area contributed by atoms with Gasteiger partial charge in [0.2, 0.25) is 15.9 Å². The van der Waals surface area contributed by atoms with Crippen molar-refractivity contribution in [3.05, 3.63) is 101 Å². The largest absolute Gasteiger partial charge is 0.307 e. The average molecular weight is 498 g/mol. The number of nitrogens with zero attached hydrogens (tertiary/aromatic N) is 2. The number of hydrogen-bond acceptors (Lipinski definition) is 5. The molecule has 180 valence electrons. The quantitative estimate of drug-likeness (QED) is 0.558. The third-order valence-corrected chi connectivity index (χ3v) is 9.28. The molecule has 2 fully saturated rings. The minimum atomic E-state index is -3.61. The van der Waals surface area contributed by atoms with Crippen molar-refractivity contribution >= 4 is 27.5 Å². The summed E-state index contributed by atoms with van der Waals surface area (Å²) in [4.78, 5) is 28.0. The summed E-state index contributed by atoms with van der Waals surface area (Å²) >= 11 is 0. The first-order valence-corrected chi connectivity index (χ1v) is 13.4. The highest BCUT2D eigenvalue weighted by Crippen LogP contribution is 2.66. The Morgan fingerprint density at radius 3 is 2.39 bits per heavy atom. The van der Waals surface area contributed by atoms with Crippen molar-refractivity contribution in [1.82, 2.24) is 4.72 Å². The molecule has 3 aromatic rings. The summed E-state index contributed by atoms with van der Waals surface area (Å²) in [6, 6.07) is 24.1. The Balaban J connectivity index is 1.22. The number of fused-ring (bicyclic) bond motifs is 2. The van der Waals surface area contributed by atoms with Crippen molar-refractivity contribution in [3.8, 4) is 6.07 Å². The fraction of sp³-hybridized carbons (Fsp3) is 0.250. The fourth-order valence-electron chi connectivity index (χ4n) is 5.29. The number of anilines is 1. The molecule has 0 bridgehead atoms. The Labute approximate surface area is 209 Å². The molecule has 3 aliphatic rings. The van der Waals surface area contributed by atoms with Crippen LogP contribution in [0.4, 0.5) is 5.69 Å². The third kappa shape index (κ3) is 3.59. The number of carbonyl (C=O) groups excluding carboxylic acids is 2. The molecule has 6 rings (SSSR count). The smallest absolute Gasteiger partial charge is 0.264 e. The number of rotatable bonds is 6. The van der Waals surface area contributed by atoms with E-state index in [0.29, 0.717) is 24.9 Å². The molecule has 3 aromatic carbocycles. The van der Waals surface area contributed by atoms with Crippen LogP contribution < -0.4 is 9.62 Å². The number of carbonyl (C=O) groups is 2. The standard InChI is InChI=1S/C28H23N3O4S/c29-16-18-5-9-20(10-6-18)24-15-28(24)23-3-1-2-4-25(23)31(27(28)33)17-19-7-11-21(12-8-19)26(32)30-36(34,35)22-13-14-22/h1-12,22,24H,13-15,17H2,(H,30,32)/t24-,28?/m1/s1. The van der Waals surface area contributed by atoms with Crippen LogP contribution in [0.15, 0.2) is 72.8 Å². The predicted molar refractivity (Wildman–Crippen MR) is 134 cm³/mol. The SMILES string of the molecule is N#Cc1ccc([C@H]2CC23C(=O)N(Cc2ccc(C(=O)NS(=O)(=O)C4CC4)cc2)c2ccccc23)cc1. The first-order valence-electron chi connectivity index (χ1n) is 11.9. The number of nitriles is 1. The maximum absolute atomic E-state index is 13.8. The molecule has 8 heteroatoms. The van der Waals surface area contributed by atoms with E-state index in [-0.39, 0.29) is 17.4 Å². The molecule has 0 saturated heterocycles. The number of sulfonamides is 1. The molecule has 2 atom stereocenters. The number of hydrogen-bond donors (Lipinski definition) is 1. The van der Waals surface area contributed by atoms with Gasteiger partial charge >= 0.3 is 0 Å². The Morgan fingerprint density at radius 1 is 1.03 bits per heavy atom. The fourth-order valence-corrected chi connectivity index (χ4v) is 6.59. The number of benzene rings is 3. The van der Waals surface area contributed by atoms with Gasteiger partial charge in [-0.25, -0.2) is 13.1 Å². The molecule has 0 aromatic heterocycles. The Morgan fingerprint density at radius 2 is 1.72 bits per heavy atom. The van der Waals surface area contributed by atoms with E-state index in [1.54, 1.807) is 41.3 Å². The molecule has 7 nitrogen and oxygen atoms in total. The van der Waals surface area contributed by atoms with E-state index < -0.39 is 26.6 Å². The van der Waals surface area contributed by atoms with Crippen LogP contribution in [0, 0.1) is 11.3 Å². The van der Waals surface area contributed by atoms with Crippen molar-refractivity contribution in [2.45, 2.75) is 42.4 Å². The number of nitrogens with one attached hydrogen (secondary N) is 1. The zero-order chi connectivity index (χ0) is 25.1. The van der Waals surface area contributed by atoms with Crippen LogP contribution in [0.5, 0.6) is 0 Å². The van der Waals surface area contributed by atoms with Crippen molar-refractivity contribution in [3.63, 3.8) is 0 Å². The zero-order valence-electron chi connectivity index (χ0n) is 19.3. The Hall–Kier alpha value is -3.96. The van der Waals surface area contributed by atoms with E-state index in [4.69, 9.17) is 5.26 Å². The number of amides is 2. The maximum atomic E-state index is 13.8. The zero-order valence-corrected chi connectivity index (χ0v) is 20.2. The van der Waals surface area contributed by atoms with E-state index in [1.807, 2.05) is 36.4 Å². The van der Waals surface area contributed by atoms with Gasteiger partial charge in [-0.1, -0.05) is 42.5 Å². The van der Waals surface area contributed by atoms with Crippen LogP contribution in [0.1, 0.15) is 57.8 Å². The second-order valence-electron chi connectivity index (χ2n) is 9.74. The topological polar surface area (TPSA) is 107 Å². The lowest BCUT2D eigenvalue weighted by atomic mass is 9.92. The molecule has 1 aliphatic heterocycles. The highest BCUT2D eigenvalue weighted by molar-refractivity contribution is 7.91. The summed E-state index contributed by atoms with van der Waals surface area (Å²) in [5.74, 6) is -0.531. The van der Waals surface area contributed by atoms with Gasteiger partial charge in [-0.3, -0.25) is 9.59 Å². The summed E-state index contributed by atoms with van der Waals surface area (Å²) in [7, 11) is -3.61. The Bertz CT molecular complexity index is 1540. The molecule has 36 heavy (non-hydrogen) atoms. The molecule has 2 saturated carbocycles. The van der Waals surface area contributed by atoms with Gasteiger partial charge in [0.15, 0.2) is 0 Å². The lowest BCUT2D eigenvalue weighted by Gasteiger charge is -2.19. The summed E-state index contributed by atoms with van der Waals surface area (Å²) in [6.07, 6.45) is 1.89. The van der Waals surface area contributed by atoms with E-state index in [2.05, 4.69) is 10.8 Å². The van der Waals surface area contributed by atoms with Crippen molar-refractivity contribution < 1.29 is 18.0 Å². The molecule has 0 radical (unpaired) electrons. The minimum Gasteiger partial charge on any atom is -0.307 e. The first-order chi connectivity index (χ1) is 17.3. The third-order valence-electron chi connectivity index (χ3n) is 7.46. The van der Waals surface area contributed by atoms with E-state index >= 15 is 0 Å². The summed E-state index contributed by atoms with van der Waals surface area (Å²) < 4.78 is 26.3. The van der Waals surface area contributed by atoms with Gasteiger partial charge in [0.1, 0.15) is 0 Å². The highest BCUT2D eigenvalue weighted by atomic mass is 32.2. The Kier molecular flexibility index (Phi) is 5.02. The van der Waals surface area contributed by atoms with Gasteiger partial charge in [0.25, 0.3) is 5.91 Å². The summed E-state index contributed by atoms with van der Waals surface area (Å²) in [5.41, 5.74) is 4.05. The van der Waals surface area contributed by atoms with Gasteiger partial charge in [-0.2, -0.15) is 5.26 Å². The second kappa shape index (κ2) is 8.04. The molecule has 1 N–H and O–H groups in total. The van der Waals surface area contributed by atoms with Crippen LogP contribution in [0.2, 0.25) is 0 Å².